The van der Waals surface area contributed by atoms with Crippen LogP contribution in [0.5, 0.6) is 0 Å². The monoisotopic (exact) mass is 996 g/mol. The van der Waals surface area contributed by atoms with Crippen LogP contribution in [0.15, 0.2) is 27.7 Å². The highest BCUT2D eigenvalue weighted by Gasteiger charge is 2.31. The second-order valence-electron chi connectivity index (χ2n) is 11.7. The fraction of sp³-hybridized carbons (Fsp3) is 0.290. The van der Waals surface area contributed by atoms with Crippen LogP contribution in [0.1, 0.15) is 73.4 Å². The Morgan fingerprint density at radius 2 is 1.04 bits per heavy atom. The molecule has 8 bridgehead atoms. The molecular weight excluding hydrogens is 972 g/mol. The van der Waals surface area contributed by atoms with E-state index < -0.39 is 42.0 Å². The fourth-order valence-electron chi connectivity index (χ4n) is 6.15. The molecular formula is C31H28Br4N4O10S2. The Bertz CT molecular complexity index is 2560. The largest absolute Gasteiger partial charge is 0.481 e. The van der Waals surface area contributed by atoms with E-state index in [1.165, 1.54) is 21.0 Å². The summed E-state index contributed by atoms with van der Waals surface area (Å²) in [6.07, 6.45) is -0.0980. The first kappa shape index (κ1) is 39.5. The summed E-state index contributed by atoms with van der Waals surface area (Å²) < 4.78 is 78.0. The topological polar surface area (TPSA) is 230 Å². The van der Waals surface area contributed by atoms with Crippen molar-refractivity contribution in [1.29, 1.82) is 0 Å². The molecule has 0 fully saturated rings. The molecule has 0 spiro atoms. The maximum absolute atomic E-state index is 12.9. The Kier molecular flexibility index (Phi) is 11.0. The molecule has 2 aliphatic rings. The first-order valence-electron chi connectivity index (χ1n) is 14.7. The number of carbonyl (C=O) groups is 2. The van der Waals surface area contributed by atoms with Crippen LogP contribution in [0.2, 0.25) is 0 Å². The Hall–Kier alpha value is -2.72. The zero-order chi connectivity index (χ0) is 38.1. The highest BCUT2D eigenvalue weighted by atomic mass is 79.9. The van der Waals surface area contributed by atoms with Gasteiger partial charge in [0.15, 0.2) is 0 Å². The Morgan fingerprint density at radius 1 is 0.647 bits per heavy atom. The molecule has 5 N–H and O–H groups in total. The lowest BCUT2D eigenvalue weighted by atomic mass is 9.98. The number of H-pyrrole nitrogens is 2. The zero-order valence-electron chi connectivity index (χ0n) is 27.3. The molecule has 0 aromatic carbocycles. The van der Waals surface area contributed by atoms with E-state index in [4.69, 9.17) is 14.7 Å². The number of aromatic nitrogens is 4. The van der Waals surface area contributed by atoms with E-state index in [2.05, 4.69) is 73.7 Å². The molecule has 0 unspecified atom stereocenters. The third-order valence-electron chi connectivity index (χ3n) is 8.64. The summed E-state index contributed by atoms with van der Waals surface area (Å²) in [5.41, 5.74) is 3.42. The molecule has 3 aromatic rings. The summed E-state index contributed by atoms with van der Waals surface area (Å²) in [7, 11) is -8.59. The van der Waals surface area contributed by atoms with Crippen LogP contribution < -0.4 is 0 Å². The van der Waals surface area contributed by atoms with Crippen molar-refractivity contribution in [3.05, 3.63) is 51.8 Å². The predicted octanol–water partition coefficient (Wildman–Crippen LogP) is 8.15. The van der Waals surface area contributed by atoms with Crippen LogP contribution in [0.3, 0.4) is 0 Å². The van der Waals surface area contributed by atoms with Gasteiger partial charge in [-0.15, -0.1) is 0 Å². The number of hydrogen-bond acceptors (Lipinski definition) is 9. The van der Waals surface area contributed by atoms with Crippen molar-refractivity contribution in [3.8, 4) is 0 Å². The predicted molar refractivity (Wildman–Crippen MR) is 204 cm³/mol. The van der Waals surface area contributed by atoms with E-state index in [-0.39, 0.29) is 78.0 Å². The molecule has 5 heterocycles. The molecule has 14 nitrogen and oxygen atoms in total. The zero-order valence-corrected chi connectivity index (χ0v) is 35.2. The van der Waals surface area contributed by atoms with Gasteiger partial charge in [-0.25, -0.2) is 9.97 Å². The number of methoxy groups -OCH3 is 1. The average molecular weight is 1000 g/mol. The molecule has 0 saturated heterocycles. The third-order valence-corrected chi connectivity index (χ3v) is 13.8. The van der Waals surface area contributed by atoms with Crippen LogP contribution >= 0.6 is 63.7 Å². The molecule has 20 heteroatoms. The number of fused-ring (bicyclic) bond motifs is 8. The number of aliphatic carboxylic acids is 1. The maximum atomic E-state index is 12.9. The number of carbonyl (C=O) groups excluding carboxylic acids is 1. The van der Waals surface area contributed by atoms with Gasteiger partial charge in [0.25, 0.3) is 20.2 Å². The van der Waals surface area contributed by atoms with Crippen molar-refractivity contribution in [1.82, 2.24) is 19.9 Å². The minimum Gasteiger partial charge on any atom is -0.481 e. The molecule has 5 rings (SSSR count). The Balaban J connectivity index is 2.15. The van der Waals surface area contributed by atoms with Crippen molar-refractivity contribution in [3.63, 3.8) is 0 Å². The molecule has 0 atom stereocenters. The lowest BCUT2D eigenvalue weighted by Crippen LogP contribution is -2.01. The second-order valence-corrected chi connectivity index (χ2v) is 17.5. The van der Waals surface area contributed by atoms with Gasteiger partial charge < -0.3 is 19.8 Å². The lowest BCUT2D eigenvalue weighted by Gasteiger charge is -2.08. The number of allylic oxidation sites excluding steroid dienone is 4. The van der Waals surface area contributed by atoms with Crippen LogP contribution in [0, 0.1) is 13.8 Å². The van der Waals surface area contributed by atoms with Gasteiger partial charge >= 0.3 is 11.9 Å². The van der Waals surface area contributed by atoms with Gasteiger partial charge in [-0.2, -0.15) is 16.8 Å². The highest BCUT2D eigenvalue weighted by molar-refractivity contribution is 9.11. The van der Waals surface area contributed by atoms with Gasteiger partial charge in [-0.05, 0) is 138 Å². The molecule has 3 aromatic heterocycles. The summed E-state index contributed by atoms with van der Waals surface area (Å²) in [6.45, 7) is 6.31. The van der Waals surface area contributed by atoms with Gasteiger partial charge in [0.05, 0.1) is 69.8 Å². The van der Waals surface area contributed by atoms with Gasteiger partial charge in [0.2, 0.25) is 0 Å². The molecule has 0 saturated carbocycles. The standard InChI is InChI=1S/C31H28Br4N4O10S2/c1-10-14(6-8-16(40)41)26-21(35)27-15(7-9-17(42)49-5)11(2)22(36-27)18(32)24-12(3)30(50(43,44)45)29(38-24)20(34)25-13(4)31(51(46,47)48)28(39-25)19(33)23(10)37-26/h38-39H,6-9H2,1-5H3,(H,40,41)(H,43,44,45)(H,46,47,48). The summed E-state index contributed by atoms with van der Waals surface area (Å²) in [4.78, 5) is 38.7. The van der Waals surface area contributed by atoms with E-state index in [1.54, 1.807) is 13.8 Å². The number of nitrogens with zero attached hydrogens (tertiary/aromatic N) is 2. The van der Waals surface area contributed by atoms with Crippen molar-refractivity contribution >= 4 is 140 Å². The van der Waals surface area contributed by atoms with Crippen LogP contribution in [-0.2, 0) is 34.6 Å². The number of rotatable bonds is 8. The smallest absolute Gasteiger partial charge is 0.305 e. The first-order chi connectivity index (χ1) is 23.6. The van der Waals surface area contributed by atoms with Crippen molar-refractivity contribution in [2.75, 3.05) is 7.11 Å². The maximum Gasteiger partial charge on any atom is 0.305 e. The van der Waals surface area contributed by atoms with E-state index in [0.717, 1.165) is 0 Å². The minimum absolute atomic E-state index is 0.00457. The van der Waals surface area contributed by atoms with Crippen molar-refractivity contribution in [2.24, 2.45) is 0 Å². The van der Waals surface area contributed by atoms with Gasteiger partial charge in [0.1, 0.15) is 9.79 Å². The average Bonchev–Trinajstić information content (AvgIpc) is 3.77. The number of hydrogen-bond donors (Lipinski definition) is 5. The van der Waals surface area contributed by atoms with Crippen molar-refractivity contribution < 1.29 is 45.4 Å². The van der Waals surface area contributed by atoms with E-state index in [1.807, 2.05) is 0 Å². The van der Waals surface area contributed by atoms with Gasteiger partial charge in [-0.3, -0.25) is 18.7 Å². The summed E-state index contributed by atoms with van der Waals surface area (Å²) in [5, 5.41) is 9.59. The van der Waals surface area contributed by atoms with Crippen molar-refractivity contribution in [2.45, 2.75) is 63.2 Å². The van der Waals surface area contributed by atoms with E-state index >= 15 is 0 Å². The summed E-state index contributed by atoms with van der Waals surface area (Å²) in [6, 6.07) is 0. The van der Waals surface area contributed by atoms with Crippen LogP contribution in [0.4, 0.5) is 0 Å². The van der Waals surface area contributed by atoms with Crippen LogP contribution in [-0.4, -0.2) is 70.0 Å². The molecule has 2 aliphatic heterocycles. The fourth-order valence-corrected chi connectivity index (χ4v) is 11.0. The molecule has 0 amide bonds. The number of esters is 1. The number of aromatic amines is 2. The number of nitrogens with one attached hydrogen (secondary N) is 2. The summed E-state index contributed by atoms with van der Waals surface area (Å²) in [5.74, 6) is -1.55. The number of aryl methyl sites for hydroxylation is 2. The molecule has 51 heavy (non-hydrogen) atoms. The Morgan fingerprint density at radius 3 is 1.45 bits per heavy atom. The second kappa shape index (κ2) is 14.3. The number of ether oxygens (including phenoxy) is 1. The van der Waals surface area contributed by atoms with E-state index in [9.17, 15) is 40.6 Å². The minimum atomic E-state index is -4.94. The first-order valence-corrected chi connectivity index (χ1v) is 20.8. The summed E-state index contributed by atoms with van der Waals surface area (Å²) >= 11 is 14.1. The van der Waals surface area contributed by atoms with E-state index in [0.29, 0.717) is 43.8 Å². The molecule has 0 aliphatic carbocycles. The quantitative estimate of drug-likeness (QED) is 0.106. The molecule has 272 valence electrons. The third kappa shape index (κ3) is 7.05. The lowest BCUT2D eigenvalue weighted by molar-refractivity contribution is -0.140. The molecule has 0 radical (unpaired) electrons. The number of carboxylic acid groups (broad SMARTS) is 1. The highest BCUT2D eigenvalue weighted by Crippen LogP contribution is 2.47. The number of carboxylic acids is 1. The SMILES string of the molecule is COC(=O)CCC1=C(C)c2nc1c(Br)c1nc(c(Br)c3[nH]c(c(C)c3S(=O)(=O)O)c(Br)c3[nH]c(c(C)c3S(=O)(=O)O)c2Br)C(C)=C1CCC(=O)O. The Labute approximate surface area is 325 Å². The van der Waals surface area contributed by atoms with Crippen LogP contribution in [0.25, 0.3) is 44.4 Å². The number of halogens is 4. The normalized spacial score (nSPS) is 13.7. The van der Waals surface area contributed by atoms with Gasteiger partial charge in [-0.1, -0.05) is 0 Å². The van der Waals surface area contributed by atoms with Gasteiger partial charge in [0, 0.05) is 12.8 Å².